The average molecular weight is 360 g/mol. The van der Waals surface area contributed by atoms with E-state index in [1.807, 2.05) is 6.92 Å². The summed E-state index contributed by atoms with van der Waals surface area (Å²) >= 11 is 0. The molecule has 3 aromatic carbocycles. The van der Waals surface area contributed by atoms with Gasteiger partial charge in [0.2, 0.25) is 0 Å². The summed E-state index contributed by atoms with van der Waals surface area (Å²) in [6.07, 6.45) is 0. The SMILES string of the molecule is Cc1ccc(Cn2nnc3cc(C(=O)Nc4ccccc4F)ccc32)cc1. The van der Waals surface area contributed by atoms with Gasteiger partial charge in [-0.1, -0.05) is 47.2 Å². The number of halogens is 1. The van der Waals surface area contributed by atoms with E-state index >= 15 is 0 Å². The summed E-state index contributed by atoms with van der Waals surface area (Å²) in [5.74, 6) is -0.869. The van der Waals surface area contributed by atoms with Crippen LogP contribution in [0.5, 0.6) is 0 Å². The van der Waals surface area contributed by atoms with E-state index in [4.69, 9.17) is 0 Å². The Hall–Kier alpha value is -3.54. The predicted octanol–water partition coefficient (Wildman–Crippen LogP) is 4.18. The minimum atomic E-state index is -0.476. The van der Waals surface area contributed by atoms with Crippen LogP contribution in [0.1, 0.15) is 21.5 Å². The van der Waals surface area contributed by atoms with Gasteiger partial charge in [-0.3, -0.25) is 4.79 Å². The van der Waals surface area contributed by atoms with E-state index in [1.165, 1.54) is 17.7 Å². The van der Waals surface area contributed by atoms with Crippen molar-refractivity contribution in [2.24, 2.45) is 0 Å². The van der Waals surface area contributed by atoms with Gasteiger partial charge in [0, 0.05) is 5.56 Å². The first kappa shape index (κ1) is 16.9. The second-order valence-corrected chi connectivity index (χ2v) is 6.37. The van der Waals surface area contributed by atoms with Gasteiger partial charge in [0.1, 0.15) is 11.3 Å². The van der Waals surface area contributed by atoms with Crippen LogP contribution >= 0.6 is 0 Å². The first-order valence-corrected chi connectivity index (χ1v) is 8.55. The zero-order valence-electron chi connectivity index (χ0n) is 14.7. The maximum absolute atomic E-state index is 13.7. The molecule has 0 aliphatic heterocycles. The molecule has 134 valence electrons. The van der Waals surface area contributed by atoms with E-state index in [1.54, 1.807) is 35.0 Å². The Morgan fingerprint density at radius 2 is 1.85 bits per heavy atom. The zero-order valence-corrected chi connectivity index (χ0v) is 14.7. The van der Waals surface area contributed by atoms with Gasteiger partial charge in [-0.15, -0.1) is 5.10 Å². The topological polar surface area (TPSA) is 59.8 Å². The van der Waals surface area contributed by atoms with Crippen molar-refractivity contribution < 1.29 is 9.18 Å². The van der Waals surface area contributed by atoms with Gasteiger partial charge in [0.15, 0.2) is 0 Å². The summed E-state index contributed by atoms with van der Waals surface area (Å²) in [7, 11) is 0. The van der Waals surface area contributed by atoms with E-state index in [9.17, 15) is 9.18 Å². The first-order chi connectivity index (χ1) is 13.1. The molecule has 5 nitrogen and oxygen atoms in total. The standard InChI is InChI=1S/C21H17FN4O/c1-14-6-8-15(9-7-14)13-26-20-11-10-16(12-19(20)24-25-26)21(27)23-18-5-3-2-4-17(18)22/h2-12H,13H2,1H3,(H,23,27). The number of carbonyl (C=O) groups is 1. The molecule has 4 rings (SSSR count). The molecule has 1 amide bonds. The molecular weight excluding hydrogens is 343 g/mol. The highest BCUT2D eigenvalue weighted by Gasteiger charge is 2.12. The Labute approximate surface area is 155 Å². The molecule has 6 heteroatoms. The van der Waals surface area contributed by atoms with Crippen LogP contribution in [0.3, 0.4) is 0 Å². The number of nitrogens with zero attached hydrogens (tertiary/aromatic N) is 3. The Bertz CT molecular complexity index is 1120. The van der Waals surface area contributed by atoms with Crippen molar-refractivity contribution in [3.8, 4) is 0 Å². The molecule has 0 unspecified atom stereocenters. The van der Waals surface area contributed by atoms with Crippen LogP contribution in [0.25, 0.3) is 11.0 Å². The largest absolute Gasteiger partial charge is 0.319 e. The second-order valence-electron chi connectivity index (χ2n) is 6.37. The molecule has 0 spiro atoms. The van der Waals surface area contributed by atoms with E-state index < -0.39 is 11.7 Å². The van der Waals surface area contributed by atoms with Crippen LogP contribution < -0.4 is 5.32 Å². The highest BCUT2D eigenvalue weighted by Crippen LogP contribution is 2.18. The van der Waals surface area contributed by atoms with Crippen LogP contribution in [-0.4, -0.2) is 20.9 Å². The van der Waals surface area contributed by atoms with Crippen molar-refractivity contribution in [2.45, 2.75) is 13.5 Å². The number of benzene rings is 3. The highest BCUT2D eigenvalue weighted by atomic mass is 19.1. The third-order valence-electron chi connectivity index (χ3n) is 4.35. The fourth-order valence-corrected chi connectivity index (χ4v) is 2.85. The number of rotatable bonds is 4. The molecule has 1 N–H and O–H groups in total. The molecular formula is C21H17FN4O. The number of para-hydroxylation sites is 1. The third kappa shape index (κ3) is 3.55. The molecule has 0 aliphatic rings. The number of aryl methyl sites for hydroxylation is 1. The van der Waals surface area contributed by atoms with Crippen molar-refractivity contribution in [3.63, 3.8) is 0 Å². The number of hydrogen-bond acceptors (Lipinski definition) is 3. The van der Waals surface area contributed by atoms with Gasteiger partial charge in [-0.2, -0.15) is 0 Å². The summed E-state index contributed by atoms with van der Waals surface area (Å²) in [6, 6.07) is 19.4. The van der Waals surface area contributed by atoms with Gasteiger partial charge in [-0.05, 0) is 42.8 Å². The van der Waals surface area contributed by atoms with E-state index in [2.05, 4.69) is 39.9 Å². The van der Waals surface area contributed by atoms with Crippen LogP contribution in [0.2, 0.25) is 0 Å². The minimum absolute atomic E-state index is 0.144. The second kappa shape index (κ2) is 6.99. The Kier molecular flexibility index (Phi) is 4.38. The number of hydrogen-bond donors (Lipinski definition) is 1. The molecule has 0 atom stereocenters. The van der Waals surface area contributed by atoms with Crippen molar-refractivity contribution in [3.05, 3.63) is 89.2 Å². The van der Waals surface area contributed by atoms with E-state index in [0.29, 0.717) is 17.6 Å². The Morgan fingerprint density at radius 1 is 1.07 bits per heavy atom. The average Bonchev–Trinajstić information content (AvgIpc) is 3.07. The molecule has 0 fully saturated rings. The third-order valence-corrected chi connectivity index (χ3v) is 4.35. The fourth-order valence-electron chi connectivity index (χ4n) is 2.85. The van der Waals surface area contributed by atoms with Crippen LogP contribution in [-0.2, 0) is 6.54 Å². The maximum atomic E-state index is 13.7. The summed E-state index contributed by atoms with van der Waals surface area (Å²) in [5.41, 5.74) is 4.31. The molecule has 1 heterocycles. The molecule has 0 saturated heterocycles. The van der Waals surface area contributed by atoms with Crippen LogP contribution in [0, 0.1) is 12.7 Å². The number of aromatic nitrogens is 3. The molecule has 0 radical (unpaired) electrons. The van der Waals surface area contributed by atoms with Gasteiger partial charge in [0.25, 0.3) is 5.91 Å². The van der Waals surface area contributed by atoms with Crippen molar-refractivity contribution >= 4 is 22.6 Å². The Morgan fingerprint density at radius 3 is 2.63 bits per heavy atom. The lowest BCUT2D eigenvalue weighted by Gasteiger charge is -2.07. The lowest BCUT2D eigenvalue weighted by atomic mass is 10.1. The number of nitrogens with one attached hydrogen (secondary N) is 1. The van der Waals surface area contributed by atoms with Crippen LogP contribution in [0.15, 0.2) is 66.7 Å². The molecule has 1 aromatic heterocycles. The smallest absolute Gasteiger partial charge is 0.255 e. The minimum Gasteiger partial charge on any atom is -0.319 e. The zero-order chi connectivity index (χ0) is 18.8. The predicted molar refractivity (Wildman–Crippen MR) is 102 cm³/mol. The Balaban J connectivity index is 1.57. The number of amides is 1. The van der Waals surface area contributed by atoms with Gasteiger partial charge in [0.05, 0.1) is 17.7 Å². The summed E-state index contributed by atoms with van der Waals surface area (Å²) in [4.78, 5) is 12.4. The van der Waals surface area contributed by atoms with Crippen molar-refractivity contribution in [1.29, 1.82) is 0 Å². The molecule has 0 bridgehead atoms. The molecule has 0 saturated carbocycles. The number of carbonyl (C=O) groups excluding carboxylic acids is 1. The van der Waals surface area contributed by atoms with E-state index in [0.717, 1.165) is 11.1 Å². The van der Waals surface area contributed by atoms with Crippen molar-refractivity contribution in [2.75, 3.05) is 5.32 Å². The fraction of sp³-hybridized carbons (Fsp3) is 0.0952. The maximum Gasteiger partial charge on any atom is 0.255 e. The first-order valence-electron chi connectivity index (χ1n) is 8.55. The highest BCUT2D eigenvalue weighted by molar-refractivity contribution is 6.05. The van der Waals surface area contributed by atoms with Gasteiger partial charge < -0.3 is 5.32 Å². The summed E-state index contributed by atoms with van der Waals surface area (Å²) in [6.45, 7) is 2.64. The molecule has 4 aromatic rings. The molecule has 0 aliphatic carbocycles. The van der Waals surface area contributed by atoms with Crippen LogP contribution in [0.4, 0.5) is 10.1 Å². The monoisotopic (exact) mass is 360 g/mol. The summed E-state index contributed by atoms with van der Waals surface area (Å²) < 4.78 is 15.5. The van der Waals surface area contributed by atoms with E-state index in [-0.39, 0.29) is 5.69 Å². The lowest BCUT2D eigenvalue weighted by Crippen LogP contribution is -2.12. The summed E-state index contributed by atoms with van der Waals surface area (Å²) in [5, 5.41) is 10.9. The number of anilines is 1. The normalized spacial score (nSPS) is 10.9. The number of fused-ring (bicyclic) bond motifs is 1. The quantitative estimate of drug-likeness (QED) is 0.594. The molecule has 27 heavy (non-hydrogen) atoms. The van der Waals surface area contributed by atoms with Gasteiger partial charge in [-0.25, -0.2) is 9.07 Å². The lowest BCUT2D eigenvalue weighted by molar-refractivity contribution is 0.102. The van der Waals surface area contributed by atoms with Crippen molar-refractivity contribution in [1.82, 2.24) is 15.0 Å². The van der Waals surface area contributed by atoms with Gasteiger partial charge >= 0.3 is 0 Å².